The van der Waals surface area contributed by atoms with Gasteiger partial charge in [-0.25, -0.2) is 0 Å². The van der Waals surface area contributed by atoms with E-state index in [0.717, 1.165) is 43.2 Å². The van der Waals surface area contributed by atoms with Crippen molar-refractivity contribution in [1.29, 1.82) is 0 Å². The molecule has 2 aromatic rings. The maximum Gasteiger partial charge on any atom is 0.265 e. The number of carbonyl (C=O) groups is 1. The largest absolute Gasteiger partial charge is 0.481 e. The van der Waals surface area contributed by atoms with E-state index in [-0.39, 0.29) is 5.91 Å². The fourth-order valence-electron chi connectivity index (χ4n) is 4.10. The van der Waals surface area contributed by atoms with Crippen molar-refractivity contribution >= 4 is 34.6 Å². The maximum atomic E-state index is 13.0. The first-order valence-electron chi connectivity index (χ1n) is 10.5. The first-order valence-corrected chi connectivity index (χ1v) is 10.9. The molecule has 2 aromatic carbocycles. The van der Waals surface area contributed by atoms with E-state index in [0.29, 0.717) is 10.8 Å². The van der Waals surface area contributed by atoms with Crippen LogP contribution in [0.15, 0.2) is 42.5 Å². The number of halogens is 1. The Bertz CT molecular complexity index is 809. The van der Waals surface area contributed by atoms with Crippen LogP contribution in [0.3, 0.4) is 0 Å². The Hall–Kier alpha value is -2.40. The van der Waals surface area contributed by atoms with Crippen LogP contribution in [0, 0.1) is 0 Å². The van der Waals surface area contributed by atoms with Crippen molar-refractivity contribution in [3.05, 3.63) is 47.5 Å². The molecule has 0 radical (unpaired) electrons. The molecule has 0 saturated carbocycles. The number of carbonyl (C=O) groups excluding carboxylic acids is 1. The molecule has 4 rings (SSSR count). The standard InChI is InChI=1S/C23H28ClN3O2/c1-17(29-19-11-9-18(24)10-12-19)23(28)25-22-20(26-13-2-3-14-26)7-6-8-21(22)27-15-4-5-16-27/h6-12,17H,2-5,13-16H2,1H3,(H,25,28). The molecular formula is C23H28ClN3O2. The van der Waals surface area contributed by atoms with Crippen LogP contribution in [-0.2, 0) is 4.79 Å². The van der Waals surface area contributed by atoms with Gasteiger partial charge in [0.05, 0.1) is 17.1 Å². The highest BCUT2D eigenvalue weighted by Crippen LogP contribution is 2.38. The fourth-order valence-corrected chi connectivity index (χ4v) is 4.22. The minimum Gasteiger partial charge on any atom is -0.481 e. The third-order valence-corrected chi connectivity index (χ3v) is 5.91. The first kappa shape index (κ1) is 19.9. The number of para-hydroxylation sites is 1. The second-order valence-corrected chi connectivity index (χ2v) is 8.20. The second-order valence-electron chi connectivity index (χ2n) is 7.76. The average molecular weight is 414 g/mol. The summed E-state index contributed by atoms with van der Waals surface area (Å²) in [6, 6.07) is 13.4. The molecule has 1 N–H and O–H groups in total. The molecule has 0 spiro atoms. The van der Waals surface area contributed by atoms with Gasteiger partial charge in [-0.1, -0.05) is 17.7 Å². The quantitative estimate of drug-likeness (QED) is 0.728. The lowest BCUT2D eigenvalue weighted by atomic mass is 10.1. The highest BCUT2D eigenvalue weighted by Gasteiger charge is 2.25. The molecule has 154 valence electrons. The molecule has 2 heterocycles. The third kappa shape index (κ3) is 4.61. The van der Waals surface area contributed by atoms with Gasteiger partial charge in [-0.3, -0.25) is 4.79 Å². The molecule has 2 aliphatic rings. The molecule has 2 saturated heterocycles. The summed E-state index contributed by atoms with van der Waals surface area (Å²) in [5.74, 6) is 0.483. The zero-order chi connectivity index (χ0) is 20.2. The van der Waals surface area contributed by atoms with Crippen LogP contribution in [0.25, 0.3) is 0 Å². The minimum atomic E-state index is -0.616. The van der Waals surface area contributed by atoms with Crippen molar-refractivity contribution in [2.24, 2.45) is 0 Å². The fraction of sp³-hybridized carbons (Fsp3) is 0.435. The normalized spacial score (nSPS) is 17.4. The number of rotatable bonds is 6. The molecule has 2 aliphatic heterocycles. The van der Waals surface area contributed by atoms with E-state index in [1.54, 1.807) is 31.2 Å². The number of hydrogen-bond acceptors (Lipinski definition) is 4. The summed E-state index contributed by atoms with van der Waals surface area (Å²) in [6.07, 6.45) is 4.15. The lowest BCUT2D eigenvalue weighted by Gasteiger charge is -2.28. The zero-order valence-electron chi connectivity index (χ0n) is 16.9. The van der Waals surface area contributed by atoms with E-state index in [1.807, 2.05) is 0 Å². The van der Waals surface area contributed by atoms with Crippen molar-refractivity contribution in [3.63, 3.8) is 0 Å². The molecule has 1 atom stereocenters. The topological polar surface area (TPSA) is 44.8 Å². The van der Waals surface area contributed by atoms with Crippen LogP contribution in [-0.4, -0.2) is 38.2 Å². The summed E-state index contributed by atoms with van der Waals surface area (Å²) in [7, 11) is 0. The summed E-state index contributed by atoms with van der Waals surface area (Å²) >= 11 is 5.93. The molecule has 2 fully saturated rings. The Labute approximate surface area is 177 Å². The Morgan fingerprint density at radius 2 is 1.45 bits per heavy atom. The number of nitrogens with zero attached hydrogens (tertiary/aromatic N) is 2. The average Bonchev–Trinajstić information content (AvgIpc) is 3.44. The van der Waals surface area contributed by atoms with E-state index < -0.39 is 6.10 Å². The van der Waals surface area contributed by atoms with Crippen molar-refractivity contribution in [1.82, 2.24) is 0 Å². The number of nitrogens with one attached hydrogen (secondary N) is 1. The highest BCUT2D eigenvalue weighted by molar-refractivity contribution is 6.30. The van der Waals surface area contributed by atoms with Gasteiger partial charge < -0.3 is 19.9 Å². The SMILES string of the molecule is CC(Oc1ccc(Cl)cc1)C(=O)Nc1c(N2CCCC2)cccc1N1CCCC1. The molecule has 6 heteroatoms. The van der Waals surface area contributed by atoms with Crippen LogP contribution >= 0.6 is 11.6 Å². The summed E-state index contributed by atoms with van der Waals surface area (Å²) < 4.78 is 5.84. The van der Waals surface area contributed by atoms with E-state index in [2.05, 4.69) is 33.3 Å². The molecule has 0 aliphatic carbocycles. The summed E-state index contributed by atoms with van der Waals surface area (Å²) in [4.78, 5) is 17.8. The van der Waals surface area contributed by atoms with Gasteiger partial charge in [0.25, 0.3) is 5.91 Å². The summed E-state index contributed by atoms with van der Waals surface area (Å²) in [6.45, 7) is 5.90. The van der Waals surface area contributed by atoms with E-state index in [1.165, 1.54) is 25.7 Å². The zero-order valence-corrected chi connectivity index (χ0v) is 17.6. The van der Waals surface area contributed by atoms with Gasteiger partial charge in [-0.05, 0) is 69.0 Å². The van der Waals surface area contributed by atoms with Gasteiger partial charge in [0.1, 0.15) is 5.75 Å². The third-order valence-electron chi connectivity index (χ3n) is 5.66. The van der Waals surface area contributed by atoms with E-state index in [9.17, 15) is 4.79 Å². The molecule has 1 unspecified atom stereocenters. The van der Waals surface area contributed by atoms with Crippen molar-refractivity contribution in [2.45, 2.75) is 38.7 Å². The number of benzene rings is 2. The minimum absolute atomic E-state index is 0.146. The van der Waals surface area contributed by atoms with E-state index in [4.69, 9.17) is 16.3 Å². The number of anilines is 3. The predicted molar refractivity (Wildman–Crippen MR) is 120 cm³/mol. The maximum absolute atomic E-state index is 13.0. The first-order chi connectivity index (χ1) is 14.1. The van der Waals surface area contributed by atoms with Crippen LogP contribution in [0.1, 0.15) is 32.6 Å². The monoisotopic (exact) mass is 413 g/mol. The molecule has 1 amide bonds. The molecule has 5 nitrogen and oxygen atoms in total. The Balaban J connectivity index is 1.56. The van der Waals surface area contributed by atoms with Crippen molar-refractivity contribution in [2.75, 3.05) is 41.3 Å². The predicted octanol–water partition coefficient (Wildman–Crippen LogP) is 4.95. The van der Waals surface area contributed by atoms with Gasteiger partial charge in [-0.15, -0.1) is 0 Å². The second kappa shape index (κ2) is 8.95. The number of hydrogen-bond donors (Lipinski definition) is 1. The smallest absolute Gasteiger partial charge is 0.265 e. The highest BCUT2D eigenvalue weighted by atomic mass is 35.5. The molecule has 29 heavy (non-hydrogen) atoms. The lowest BCUT2D eigenvalue weighted by Crippen LogP contribution is -2.32. The van der Waals surface area contributed by atoms with Crippen molar-refractivity contribution in [3.8, 4) is 5.75 Å². The Morgan fingerprint density at radius 1 is 0.931 bits per heavy atom. The van der Waals surface area contributed by atoms with Crippen LogP contribution < -0.4 is 19.9 Å². The van der Waals surface area contributed by atoms with Gasteiger partial charge >= 0.3 is 0 Å². The van der Waals surface area contributed by atoms with Gasteiger partial charge in [0.2, 0.25) is 0 Å². The summed E-state index contributed by atoms with van der Waals surface area (Å²) in [5, 5.41) is 3.83. The molecular weight excluding hydrogens is 386 g/mol. The van der Waals surface area contributed by atoms with Crippen LogP contribution in [0.2, 0.25) is 5.02 Å². The van der Waals surface area contributed by atoms with Gasteiger partial charge in [0.15, 0.2) is 6.10 Å². The van der Waals surface area contributed by atoms with Gasteiger partial charge in [-0.2, -0.15) is 0 Å². The molecule has 0 bridgehead atoms. The lowest BCUT2D eigenvalue weighted by molar-refractivity contribution is -0.122. The van der Waals surface area contributed by atoms with Crippen molar-refractivity contribution < 1.29 is 9.53 Å². The van der Waals surface area contributed by atoms with Gasteiger partial charge in [0, 0.05) is 31.2 Å². The van der Waals surface area contributed by atoms with E-state index >= 15 is 0 Å². The Morgan fingerprint density at radius 3 is 1.97 bits per heavy atom. The molecule has 0 aromatic heterocycles. The summed E-state index contributed by atoms with van der Waals surface area (Å²) in [5.41, 5.74) is 3.13. The number of amides is 1. The van der Waals surface area contributed by atoms with Crippen LogP contribution in [0.5, 0.6) is 5.75 Å². The van der Waals surface area contributed by atoms with Crippen LogP contribution in [0.4, 0.5) is 17.1 Å². The number of ether oxygens (including phenoxy) is 1. The Kier molecular flexibility index (Phi) is 6.14.